The van der Waals surface area contributed by atoms with E-state index in [1.165, 1.54) is 0 Å². The van der Waals surface area contributed by atoms with Gasteiger partial charge in [0.25, 0.3) is 0 Å². The Hall–Kier alpha value is -1.36. The molecule has 8 nitrogen and oxygen atoms in total. The summed E-state index contributed by atoms with van der Waals surface area (Å²) in [6, 6.07) is 0.354. The van der Waals surface area contributed by atoms with Crippen LogP contribution in [0.15, 0.2) is 23.7 Å². The largest absolute Gasteiger partial charge is 0.381 e. The molecule has 0 spiro atoms. The van der Waals surface area contributed by atoms with Crippen LogP contribution in [0.3, 0.4) is 0 Å². The number of carbonyl (C=O) groups is 1. The minimum absolute atomic E-state index is 0. The molecule has 3 rings (SSSR count). The number of halogens is 1. The summed E-state index contributed by atoms with van der Waals surface area (Å²) in [7, 11) is 3.52. The fourth-order valence-corrected chi connectivity index (χ4v) is 3.63. The number of imidazole rings is 1. The van der Waals surface area contributed by atoms with Crippen molar-refractivity contribution in [3.8, 4) is 0 Å². The Balaban J connectivity index is 0.00000280. The lowest BCUT2D eigenvalue weighted by Gasteiger charge is -2.39. The number of hydrogen-bond acceptors (Lipinski definition) is 4. The molecule has 0 aliphatic carbocycles. The van der Waals surface area contributed by atoms with Crippen LogP contribution in [0.5, 0.6) is 0 Å². The summed E-state index contributed by atoms with van der Waals surface area (Å²) in [5.74, 6) is 1.92. The van der Waals surface area contributed by atoms with Gasteiger partial charge in [0.2, 0.25) is 5.91 Å². The highest BCUT2D eigenvalue weighted by atomic mass is 127. The van der Waals surface area contributed by atoms with E-state index in [4.69, 9.17) is 4.74 Å². The number of hydrogen-bond donors (Lipinski definition) is 1. The van der Waals surface area contributed by atoms with Gasteiger partial charge in [-0.1, -0.05) is 6.92 Å². The van der Waals surface area contributed by atoms with Gasteiger partial charge in [-0.05, 0) is 18.8 Å². The fraction of sp³-hybridized carbons (Fsp3) is 0.737. The SMILES string of the molecule is CC1CCN(C(=NCC(=O)N(C)C)NCC2CCOC2)CC1n1ccnc1.I. The summed E-state index contributed by atoms with van der Waals surface area (Å²) in [6.07, 6.45) is 7.90. The molecular weight excluding hydrogens is 471 g/mol. The van der Waals surface area contributed by atoms with E-state index in [-0.39, 0.29) is 36.4 Å². The zero-order chi connectivity index (χ0) is 19.2. The molecule has 3 unspecified atom stereocenters. The van der Waals surface area contributed by atoms with E-state index in [1.54, 1.807) is 19.0 Å². The molecule has 3 heterocycles. The number of guanidine groups is 1. The van der Waals surface area contributed by atoms with Crippen LogP contribution in [0.25, 0.3) is 0 Å². The van der Waals surface area contributed by atoms with Crippen molar-refractivity contribution >= 4 is 35.8 Å². The third-order valence-electron chi connectivity index (χ3n) is 5.56. The van der Waals surface area contributed by atoms with Crippen molar-refractivity contribution in [1.29, 1.82) is 0 Å². The average Bonchev–Trinajstić information content (AvgIpc) is 3.36. The van der Waals surface area contributed by atoms with E-state index in [0.29, 0.717) is 17.9 Å². The third-order valence-corrected chi connectivity index (χ3v) is 5.56. The standard InChI is InChI=1S/C19H32N6O2.HI/c1-15-4-7-24(12-17(15)25-8-6-20-14-25)19(22-11-18(26)23(2)3)21-10-16-5-9-27-13-16;/h6,8,14-17H,4-5,7,9-13H2,1-3H3,(H,21,22);1H. The number of rotatable bonds is 5. The van der Waals surface area contributed by atoms with Gasteiger partial charge in [-0.15, -0.1) is 24.0 Å². The van der Waals surface area contributed by atoms with Gasteiger partial charge in [-0.25, -0.2) is 9.98 Å². The fourth-order valence-electron chi connectivity index (χ4n) is 3.63. The summed E-state index contributed by atoms with van der Waals surface area (Å²) in [4.78, 5) is 24.7. The number of aromatic nitrogens is 2. The topological polar surface area (TPSA) is 75.0 Å². The maximum Gasteiger partial charge on any atom is 0.243 e. The molecule has 1 N–H and O–H groups in total. The molecule has 2 saturated heterocycles. The predicted octanol–water partition coefficient (Wildman–Crippen LogP) is 1.45. The lowest BCUT2D eigenvalue weighted by Crippen LogP contribution is -2.50. The summed E-state index contributed by atoms with van der Waals surface area (Å²) < 4.78 is 7.66. The Morgan fingerprint density at radius 1 is 1.39 bits per heavy atom. The van der Waals surface area contributed by atoms with Crippen LogP contribution in [0, 0.1) is 11.8 Å². The van der Waals surface area contributed by atoms with Crippen molar-refractivity contribution < 1.29 is 9.53 Å². The Kier molecular flexibility index (Phi) is 9.00. The number of ether oxygens (including phenoxy) is 1. The molecule has 158 valence electrons. The molecule has 3 atom stereocenters. The second-order valence-corrected chi connectivity index (χ2v) is 7.83. The zero-order valence-electron chi connectivity index (χ0n) is 17.1. The molecule has 2 fully saturated rings. The lowest BCUT2D eigenvalue weighted by molar-refractivity contribution is -0.127. The first-order valence-electron chi connectivity index (χ1n) is 9.83. The van der Waals surface area contributed by atoms with Crippen LogP contribution < -0.4 is 5.32 Å². The highest BCUT2D eigenvalue weighted by Gasteiger charge is 2.29. The number of likely N-dealkylation sites (N-methyl/N-ethyl adjacent to an activating group) is 1. The Labute approximate surface area is 184 Å². The number of amides is 1. The number of aliphatic imine (C=N–C) groups is 1. The summed E-state index contributed by atoms with van der Waals surface area (Å²) >= 11 is 0. The molecule has 0 saturated carbocycles. The van der Waals surface area contributed by atoms with E-state index in [0.717, 1.165) is 51.6 Å². The second-order valence-electron chi connectivity index (χ2n) is 7.83. The number of nitrogens with zero attached hydrogens (tertiary/aromatic N) is 5. The summed E-state index contributed by atoms with van der Waals surface area (Å²) in [5, 5.41) is 3.51. The molecule has 1 amide bonds. The molecule has 0 aromatic carbocycles. The van der Waals surface area contributed by atoms with Crippen LogP contribution in [-0.2, 0) is 9.53 Å². The van der Waals surface area contributed by atoms with Gasteiger partial charge < -0.3 is 24.4 Å². The van der Waals surface area contributed by atoms with Crippen LogP contribution >= 0.6 is 24.0 Å². The van der Waals surface area contributed by atoms with E-state index in [1.807, 2.05) is 18.7 Å². The first-order chi connectivity index (χ1) is 13.0. The Bertz CT molecular complexity index is 630. The first kappa shape index (κ1) is 22.9. The number of carbonyl (C=O) groups excluding carboxylic acids is 1. The van der Waals surface area contributed by atoms with Crippen molar-refractivity contribution in [3.05, 3.63) is 18.7 Å². The van der Waals surface area contributed by atoms with E-state index in [9.17, 15) is 4.79 Å². The molecule has 28 heavy (non-hydrogen) atoms. The quantitative estimate of drug-likeness (QED) is 0.374. The maximum atomic E-state index is 12.0. The van der Waals surface area contributed by atoms with Gasteiger partial charge in [0.05, 0.1) is 19.0 Å². The second kappa shape index (κ2) is 11.0. The minimum Gasteiger partial charge on any atom is -0.381 e. The zero-order valence-corrected chi connectivity index (χ0v) is 19.4. The highest BCUT2D eigenvalue weighted by molar-refractivity contribution is 14.0. The van der Waals surface area contributed by atoms with E-state index >= 15 is 0 Å². The van der Waals surface area contributed by atoms with Crippen molar-refractivity contribution in [2.24, 2.45) is 16.8 Å². The van der Waals surface area contributed by atoms with Crippen molar-refractivity contribution in [2.45, 2.75) is 25.8 Å². The van der Waals surface area contributed by atoms with Crippen LogP contribution in [0.2, 0.25) is 0 Å². The van der Waals surface area contributed by atoms with Gasteiger partial charge in [0.15, 0.2) is 5.96 Å². The van der Waals surface area contributed by atoms with Crippen LogP contribution in [0.4, 0.5) is 0 Å². The number of nitrogens with one attached hydrogen (secondary N) is 1. The molecule has 0 bridgehead atoms. The van der Waals surface area contributed by atoms with Crippen LogP contribution in [-0.4, -0.2) is 84.7 Å². The molecule has 1 aromatic heterocycles. The normalized spacial score (nSPS) is 25.3. The molecule has 2 aliphatic rings. The molecule has 2 aliphatic heterocycles. The lowest BCUT2D eigenvalue weighted by atomic mass is 9.93. The van der Waals surface area contributed by atoms with Gasteiger partial charge in [-0.3, -0.25) is 4.79 Å². The smallest absolute Gasteiger partial charge is 0.243 e. The summed E-state index contributed by atoms with van der Waals surface area (Å²) in [6.45, 7) is 6.72. The summed E-state index contributed by atoms with van der Waals surface area (Å²) in [5.41, 5.74) is 0. The van der Waals surface area contributed by atoms with Crippen molar-refractivity contribution in [3.63, 3.8) is 0 Å². The first-order valence-corrected chi connectivity index (χ1v) is 9.83. The maximum absolute atomic E-state index is 12.0. The van der Waals surface area contributed by atoms with Crippen LogP contribution in [0.1, 0.15) is 25.8 Å². The monoisotopic (exact) mass is 504 g/mol. The minimum atomic E-state index is 0. The Morgan fingerprint density at radius 2 is 2.21 bits per heavy atom. The van der Waals surface area contributed by atoms with E-state index < -0.39 is 0 Å². The molecule has 1 aromatic rings. The molecule has 0 radical (unpaired) electrons. The number of likely N-dealkylation sites (tertiary alicyclic amines) is 1. The van der Waals surface area contributed by atoms with Gasteiger partial charge >= 0.3 is 0 Å². The van der Waals surface area contributed by atoms with Crippen molar-refractivity contribution in [2.75, 3.05) is 53.5 Å². The highest BCUT2D eigenvalue weighted by Crippen LogP contribution is 2.27. The van der Waals surface area contributed by atoms with Gasteiger partial charge in [0, 0.05) is 58.6 Å². The van der Waals surface area contributed by atoms with Gasteiger partial charge in [0.1, 0.15) is 6.54 Å². The third kappa shape index (κ3) is 6.07. The predicted molar refractivity (Wildman–Crippen MR) is 120 cm³/mol. The Morgan fingerprint density at radius 3 is 2.86 bits per heavy atom. The van der Waals surface area contributed by atoms with Crippen molar-refractivity contribution in [1.82, 2.24) is 24.7 Å². The van der Waals surface area contributed by atoms with Gasteiger partial charge in [-0.2, -0.15) is 0 Å². The molecule has 9 heteroatoms. The average molecular weight is 504 g/mol. The molecular formula is C19H33IN6O2. The number of piperidine rings is 1. The van der Waals surface area contributed by atoms with E-state index in [2.05, 4.69) is 31.7 Å².